The number of hydrogen-bond donors (Lipinski definition) is 0. The van der Waals surface area contributed by atoms with Crippen molar-refractivity contribution in [3.05, 3.63) is 119 Å². The molecule has 0 aromatic heterocycles. The number of benzene rings is 4. The van der Waals surface area contributed by atoms with Crippen LogP contribution >= 0.6 is 0 Å². The monoisotopic (exact) mass is 636 g/mol. The van der Waals surface area contributed by atoms with E-state index in [1.54, 1.807) is 0 Å². The second kappa shape index (κ2) is 13.9. The molecule has 6 rings (SSSR count). The summed E-state index contributed by atoms with van der Waals surface area (Å²) in [6.07, 6.45) is 4.35. The quantitative estimate of drug-likeness (QED) is 0.145. The number of para-hydroxylation sites is 4. The summed E-state index contributed by atoms with van der Waals surface area (Å²) >= 11 is 0. The lowest BCUT2D eigenvalue weighted by molar-refractivity contribution is 0.286. The van der Waals surface area contributed by atoms with E-state index in [9.17, 15) is 0 Å². The van der Waals surface area contributed by atoms with Crippen molar-refractivity contribution in [3.8, 4) is 11.5 Å². The Hall–Kier alpha value is -3.53. The smallest absolute Gasteiger partial charge is 0.173 e. The summed E-state index contributed by atoms with van der Waals surface area (Å²) in [5.74, 6) is 2.19. The molecule has 2 aliphatic rings. The molecule has 45 heavy (non-hydrogen) atoms. The minimum Gasteiger partial charge on any atom is -0.472 e. The van der Waals surface area contributed by atoms with Crippen LogP contribution in [0.15, 0.2) is 97.1 Å². The highest BCUT2D eigenvalue weighted by molar-refractivity contribution is 6.84. The fraction of sp³-hybridized carbons (Fsp3) is 0.368. The van der Waals surface area contributed by atoms with Crippen molar-refractivity contribution < 1.29 is 13.6 Å². The average Bonchev–Trinajstić information content (AvgIpc) is 3.04. The van der Waals surface area contributed by atoms with E-state index >= 15 is 0 Å². The third kappa shape index (κ3) is 8.01. The van der Waals surface area contributed by atoms with Crippen molar-refractivity contribution in [2.45, 2.75) is 77.0 Å². The maximum absolute atomic E-state index is 7.05. The maximum Gasteiger partial charge on any atom is 0.173 e. The van der Waals surface area contributed by atoms with Gasteiger partial charge in [-0.15, -0.1) is 0 Å². The van der Waals surface area contributed by atoms with E-state index < -0.39 is 16.6 Å². The summed E-state index contributed by atoms with van der Waals surface area (Å²) in [4.78, 5) is 4.59. The topological polar surface area (TPSA) is 34.2 Å². The summed E-state index contributed by atoms with van der Waals surface area (Å²) in [6, 6.07) is 36.7. The first kappa shape index (κ1) is 31.5. The Balaban J connectivity index is 0.979. The summed E-state index contributed by atoms with van der Waals surface area (Å²) in [5, 5.41) is 0. The van der Waals surface area contributed by atoms with Gasteiger partial charge < -0.3 is 23.4 Å². The molecule has 236 valence electrons. The molecule has 4 aromatic rings. The van der Waals surface area contributed by atoms with Crippen LogP contribution in [0.25, 0.3) is 0 Å². The summed E-state index contributed by atoms with van der Waals surface area (Å²) in [6.45, 7) is 12.6. The Morgan fingerprint density at radius 1 is 0.556 bits per heavy atom. The van der Waals surface area contributed by atoms with Gasteiger partial charge >= 0.3 is 0 Å². The number of fused-ring (bicyclic) bond motifs is 2. The van der Waals surface area contributed by atoms with Crippen molar-refractivity contribution >= 4 is 28.0 Å². The van der Waals surface area contributed by atoms with E-state index in [-0.39, 0.29) is 0 Å². The third-order valence-electron chi connectivity index (χ3n) is 9.05. The van der Waals surface area contributed by atoms with Gasteiger partial charge in [0.2, 0.25) is 0 Å². The molecule has 7 heteroatoms. The summed E-state index contributed by atoms with van der Waals surface area (Å²) in [7, 11) is -3.59. The fourth-order valence-electron chi connectivity index (χ4n) is 6.95. The van der Waals surface area contributed by atoms with Gasteiger partial charge in [0, 0.05) is 35.6 Å². The molecule has 0 amide bonds. The van der Waals surface area contributed by atoms with Gasteiger partial charge in [-0.3, -0.25) is 0 Å². The van der Waals surface area contributed by atoms with Crippen LogP contribution in [-0.2, 0) is 30.0 Å². The molecule has 0 radical (unpaired) electrons. The van der Waals surface area contributed by atoms with Gasteiger partial charge in [0.1, 0.15) is 11.5 Å². The van der Waals surface area contributed by atoms with E-state index in [2.05, 4.69) is 133 Å². The number of rotatable bonds is 12. The lowest BCUT2D eigenvalue weighted by Crippen LogP contribution is -2.44. The molecule has 0 saturated carbocycles. The van der Waals surface area contributed by atoms with Crippen molar-refractivity contribution in [1.29, 1.82) is 0 Å². The van der Waals surface area contributed by atoms with Crippen molar-refractivity contribution in [2.75, 3.05) is 23.3 Å². The number of ether oxygens (including phenoxy) is 2. The molecular weight excluding hydrogens is 589 g/mol. The third-order valence-corrected chi connectivity index (χ3v) is 16.6. The minimum absolute atomic E-state index is 0.598. The standard InChI is InChI=1S/C38H48N2O3Si2/c1-44(2,25-13-19-31-15-11-17-33-27-39(29-41-37(31)33)35-21-7-5-8-22-35)43-45(3,4)26-14-20-32-16-12-18-34-28-40(30-42-38(32)34)36-23-9-6-10-24-36/h5-12,15-18,21-24H,13-14,19-20,25-30H2,1-4H3. The van der Waals surface area contributed by atoms with Crippen LogP contribution in [0.5, 0.6) is 11.5 Å². The van der Waals surface area contributed by atoms with Crippen LogP contribution in [0.3, 0.4) is 0 Å². The zero-order valence-electron chi connectivity index (χ0n) is 27.4. The SMILES string of the molecule is C[Si](C)(CCCc1cccc2c1OCN(c1ccccc1)C2)O[Si](C)(C)CCCc1cccc2c1OCN(c1ccccc1)C2. The second-order valence-electron chi connectivity index (χ2n) is 13.8. The highest BCUT2D eigenvalue weighted by Crippen LogP contribution is 2.35. The molecular formula is C38H48N2O3Si2. The van der Waals surface area contributed by atoms with Crippen molar-refractivity contribution in [1.82, 2.24) is 0 Å². The zero-order chi connectivity index (χ0) is 31.3. The Bertz CT molecular complexity index is 1450. The molecule has 0 N–H and O–H groups in total. The van der Waals surface area contributed by atoms with Crippen LogP contribution in [0, 0.1) is 0 Å². The van der Waals surface area contributed by atoms with Gasteiger partial charge in [-0.1, -0.05) is 72.8 Å². The first-order valence-corrected chi connectivity index (χ1v) is 22.8. The molecule has 2 heterocycles. The van der Waals surface area contributed by atoms with Crippen LogP contribution in [0.4, 0.5) is 11.4 Å². The molecule has 0 unspecified atom stereocenters. The van der Waals surface area contributed by atoms with E-state index in [4.69, 9.17) is 13.6 Å². The van der Waals surface area contributed by atoms with Crippen LogP contribution < -0.4 is 19.3 Å². The van der Waals surface area contributed by atoms with Crippen molar-refractivity contribution in [3.63, 3.8) is 0 Å². The van der Waals surface area contributed by atoms with Gasteiger partial charge in [0.05, 0.1) is 0 Å². The van der Waals surface area contributed by atoms with Gasteiger partial charge in [0.15, 0.2) is 30.1 Å². The molecule has 2 aliphatic heterocycles. The highest BCUT2D eigenvalue weighted by atomic mass is 28.4. The van der Waals surface area contributed by atoms with E-state index in [1.165, 1.54) is 45.7 Å². The van der Waals surface area contributed by atoms with Gasteiger partial charge in [-0.2, -0.15) is 0 Å². The molecule has 0 saturated heterocycles. The number of hydrogen-bond acceptors (Lipinski definition) is 5. The Kier molecular flexibility index (Phi) is 9.68. The second-order valence-corrected chi connectivity index (χ2v) is 22.6. The number of nitrogens with zero attached hydrogens (tertiary/aromatic N) is 2. The highest BCUT2D eigenvalue weighted by Gasteiger charge is 2.33. The van der Waals surface area contributed by atoms with E-state index in [0.717, 1.165) is 50.3 Å². The predicted molar refractivity (Wildman–Crippen MR) is 191 cm³/mol. The van der Waals surface area contributed by atoms with Crippen LogP contribution in [0.2, 0.25) is 38.3 Å². The number of aryl methyl sites for hydroxylation is 2. The molecule has 0 bridgehead atoms. The zero-order valence-corrected chi connectivity index (χ0v) is 29.4. The van der Waals surface area contributed by atoms with Gasteiger partial charge in [-0.05, 0) is 99.4 Å². The average molecular weight is 637 g/mol. The van der Waals surface area contributed by atoms with Crippen molar-refractivity contribution in [2.24, 2.45) is 0 Å². The largest absolute Gasteiger partial charge is 0.472 e. The van der Waals surface area contributed by atoms with E-state index in [1.807, 2.05) is 0 Å². The molecule has 4 aromatic carbocycles. The predicted octanol–water partition coefficient (Wildman–Crippen LogP) is 9.39. The maximum atomic E-state index is 7.05. The first-order valence-electron chi connectivity index (χ1n) is 16.5. The molecule has 0 atom stereocenters. The molecule has 0 aliphatic carbocycles. The summed E-state index contributed by atoms with van der Waals surface area (Å²) < 4.78 is 19.7. The normalized spacial score (nSPS) is 14.8. The fourth-order valence-corrected chi connectivity index (χ4v) is 15.8. The van der Waals surface area contributed by atoms with E-state index in [0.29, 0.717) is 13.5 Å². The summed E-state index contributed by atoms with van der Waals surface area (Å²) in [5.41, 5.74) is 7.64. The van der Waals surface area contributed by atoms with Gasteiger partial charge in [-0.25, -0.2) is 0 Å². The minimum atomic E-state index is -1.79. The number of anilines is 2. The van der Waals surface area contributed by atoms with Crippen LogP contribution in [-0.4, -0.2) is 30.1 Å². The molecule has 5 nitrogen and oxygen atoms in total. The lowest BCUT2D eigenvalue weighted by Gasteiger charge is -2.35. The lowest BCUT2D eigenvalue weighted by atomic mass is 10.0. The molecule has 0 fully saturated rings. The van der Waals surface area contributed by atoms with Gasteiger partial charge in [0.25, 0.3) is 0 Å². The van der Waals surface area contributed by atoms with Crippen LogP contribution in [0.1, 0.15) is 35.1 Å². The molecule has 0 spiro atoms. The Morgan fingerprint density at radius 3 is 1.40 bits per heavy atom. The Labute approximate surface area is 272 Å². The Morgan fingerprint density at radius 2 is 0.978 bits per heavy atom. The first-order chi connectivity index (χ1) is 21.8.